The first-order valence-electron chi connectivity index (χ1n) is 6.60. The molecule has 1 aliphatic rings. The van der Waals surface area contributed by atoms with E-state index in [0.717, 1.165) is 49.0 Å². The number of hydrogen-bond acceptors (Lipinski definition) is 4. The molecule has 1 aliphatic heterocycles. The average molecular weight is 273 g/mol. The van der Waals surface area contributed by atoms with Crippen molar-refractivity contribution in [2.75, 3.05) is 25.6 Å². The van der Waals surface area contributed by atoms with Crippen LogP contribution in [0.5, 0.6) is 0 Å². The molecule has 0 saturated carbocycles. The zero-order chi connectivity index (χ0) is 14.5. The summed E-state index contributed by atoms with van der Waals surface area (Å²) in [5, 5.41) is 13.8. The largest absolute Gasteiger partial charge is 0.400 e. The van der Waals surface area contributed by atoms with E-state index in [2.05, 4.69) is 15.1 Å². The molecule has 106 valence electrons. The number of fused-ring (bicyclic) bond motifs is 1. The predicted molar refractivity (Wildman–Crippen MR) is 80.0 cm³/mol. The van der Waals surface area contributed by atoms with Crippen molar-refractivity contribution in [2.45, 2.75) is 12.8 Å². The minimum Gasteiger partial charge on any atom is -0.400 e. The van der Waals surface area contributed by atoms with Gasteiger partial charge in [0, 0.05) is 31.8 Å². The molecule has 0 amide bonds. The fourth-order valence-corrected chi connectivity index (χ4v) is 2.52. The molecule has 2 heterocycles. The van der Waals surface area contributed by atoms with Crippen molar-refractivity contribution in [3.05, 3.63) is 46.2 Å². The van der Waals surface area contributed by atoms with Crippen LogP contribution in [0.3, 0.4) is 0 Å². The molecule has 0 aliphatic carbocycles. The molecule has 0 unspecified atom stereocenters. The molecule has 2 aromatic rings. The summed E-state index contributed by atoms with van der Waals surface area (Å²) in [4.78, 5) is 14.0. The Hall–Kier alpha value is -2.14. The lowest BCUT2D eigenvalue weighted by molar-refractivity contribution is 0.399. The first-order valence-corrected chi connectivity index (χ1v) is 6.60. The van der Waals surface area contributed by atoms with Crippen LogP contribution in [0, 0.1) is 0 Å². The summed E-state index contributed by atoms with van der Waals surface area (Å²) in [5.41, 5.74) is 3.69. The maximum absolute atomic E-state index is 11.8. The van der Waals surface area contributed by atoms with Gasteiger partial charge in [-0.25, -0.2) is 5.10 Å². The Morgan fingerprint density at radius 1 is 1.25 bits per heavy atom. The maximum Gasteiger partial charge on any atom is 0.269 e. The van der Waals surface area contributed by atoms with E-state index in [0.29, 0.717) is 0 Å². The quantitative estimate of drug-likeness (QED) is 0.824. The van der Waals surface area contributed by atoms with Gasteiger partial charge in [-0.15, -0.1) is 0 Å². The van der Waals surface area contributed by atoms with Gasteiger partial charge in [0.15, 0.2) is 0 Å². The van der Waals surface area contributed by atoms with Gasteiger partial charge in [-0.1, -0.05) is 30.3 Å². The standard InChI is InChI=1S/C14H15N3O.CH4O/c1-17-9-5-8-11-13(17)12(15-16-14(11)18)10-6-3-2-4-7-10;1-2/h2-4,6-7H,5,8-9H2,1H3,(H,16,18);2H,1H3. The van der Waals surface area contributed by atoms with Gasteiger partial charge in [0.25, 0.3) is 5.56 Å². The molecule has 5 heteroatoms. The SMILES string of the molecule is CN1CCCc2c1c(-c1ccccc1)n[nH]c2=O.CO. The topological polar surface area (TPSA) is 69.2 Å². The minimum atomic E-state index is -0.0590. The number of anilines is 1. The van der Waals surface area contributed by atoms with Crippen molar-refractivity contribution in [1.29, 1.82) is 0 Å². The smallest absolute Gasteiger partial charge is 0.269 e. The Balaban J connectivity index is 0.000000704. The second-order valence-corrected chi connectivity index (χ2v) is 4.62. The number of benzene rings is 1. The van der Waals surface area contributed by atoms with Crippen molar-refractivity contribution >= 4 is 5.69 Å². The van der Waals surface area contributed by atoms with Gasteiger partial charge in [-0.3, -0.25) is 4.79 Å². The highest BCUT2D eigenvalue weighted by atomic mass is 16.2. The number of aliphatic hydroxyl groups is 1. The van der Waals surface area contributed by atoms with Crippen LogP contribution in [0.25, 0.3) is 11.3 Å². The van der Waals surface area contributed by atoms with E-state index in [1.807, 2.05) is 37.4 Å². The van der Waals surface area contributed by atoms with Gasteiger partial charge in [-0.2, -0.15) is 5.10 Å². The van der Waals surface area contributed by atoms with Gasteiger partial charge >= 0.3 is 0 Å². The first-order chi connectivity index (χ1) is 9.77. The summed E-state index contributed by atoms with van der Waals surface area (Å²) in [7, 11) is 3.02. The summed E-state index contributed by atoms with van der Waals surface area (Å²) in [5.74, 6) is 0. The molecule has 1 aromatic carbocycles. The zero-order valence-electron chi connectivity index (χ0n) is 11.8. The van der Waals surface area contributed by atoms with Gasteiger partial charge in [0.2, 0.25) is 0 Å². The summed E-state index contributed by atoms with van der Waals surface area (Å²) >= 11 is 0. The lowest BCUT2D eigenvalue weighted by atomic mass is 10.00. The van der Waals surface area contributed by atoms with E-state index < -0.39 is 0 Å². The van der Waals surface area contributed by atoms with Crippen LogP contribution in [-0.2, 0) is 6.42 Å². The number of nitrogens with zero attached hydrogens (tertiary/aromatic N) is 2. The van der Waals surface area contributed by atoms with E-state index >= 15 is 0 Å². The van der Waals surface area contributed by atoms with Crippen LogP contribution in [0.15, 0.2) is 35.1 Å². The third-order valence-electron chi connectivity index (χ3n) is 3.40. The lowest BCUT2D eigenvalue weighted by Crippen LogP contribution is -2.31. The highest BCUT2D eigenvalue weighted by Crippen LogP contribution is 2.32. The normalized spacial score (nSPS) is 13.2. The number of aromatic nitrogens is 2. The fourth-order valence-electron chi connectivity index (χ4n) is 2.52. The predicted octanol–water partition coefficient (Wildman–Crippen LogP) is 1.43. The van der Waals surface area contributed by atoms with Gasteiger partial charge in [0.05, 0.1) is 5.69 Å². The molecule has 3 rings (SSSR count). The second-order valence-electron chi connectivity index (χ2n) is 4.62. The maximum atomic E-state index is 11.8. The van der Waals surface area contributed by atoms with Crippen LogP contribution >= 0.6 is 0 Å². The summed E-state index contributed by atoms with van der Waals surface area (Å²) in [6.07, 6.45) is 1.85. The lowest BCUT2D eigenvalue weighted by Gasteiger charge is -2.28. The molecule has 2 N–H and O–H groups in total. The fraction of sp³-hybridized carbons (Fsp3) is 0.333. The van der Waals surface area contributed by atoms with Gasteiger partial charge in [0.1, 0.15) is 5.69 Å². The van der Waals surface area contributed by atoms with E-state index in [-0.39, 0.29) is 5.56 Å². The molecular formula is C15H19N3O2. The minimum absolute atomic E-state index is 0.0590. The number of H-pyrrole nitrogens is 1. The zero-order valence-corrected chi connectivity index (χ0v) is 11.8. The van der Waals surface area contributed by atoms with Crippen molar-refractivity contribution < 1.29 is 5.11 Å². The summed E-state index contributed by atoms with van der Waals surface area (Å²) in [6.45, 7) is 0.970. The van der Waals surface area contributed by atoms with Crippen molar-refractivity contribution in [3.63, 3.8) is 0 Å². The van der Waals surface area contributed by atoms with E-state index in [1.54, 1.807) is 0 Å². The van der Waals surface area contributed by atoms with Crippen molar-refractivity contribution in [1.82, 2.24) is 10.2 Å². The molecule has 20 heavy (non-hydrogen) atoms. The van der Waals surface area contributed by atoms with Gasteiger partial charge in [-0.05, 0) is 12.8 Å². The number of aliphatic hydroxyl groups excluding tert-OH is 1. The Morgan fingerprint density at radius 2 is 1.95 bits per heavy atom. The molecule has 0 atom stereocenters. The van der Waals surface area contributed by atoms with Crippen LogP contribution in [0.2, 0.25) is 0 Å². The van der Waals surface area contributed by atoms with Crippen LogP contribution in [-0.4, -0.2) is 36.0 Å². The number of rotatable bonds is 1. The molecule has 0 saturated heterocycles. The van der Waals surface area contributed by atoms with Crippen molar-refractivity contribution in [2.24, 2.45) is 0 Å². The van der Waals surface area contributed by atoms with Crippen LogP contribution < -0.4 is 10.5 Å². The monoisotopic (exact) mass is 273 g/mol. The molecular weight excluding hydrogens is 254 g/mol. The Morgan fingerprint density at radius 3 is 2.65 bits per heavy atom. The molecule has 0 fully saturated rings. The van der Waals surface area contributed by atoms with Crippen LogP contribution in [0.4, 0.5) is 5.69 Å². The van der Waals surface area contributed by atoms with Crippen LogP contribution in [0.1, 0.15) is 12.0 Å². The average Bonchev–Trinajstić information content (AvgIpc) is 2.51. The third kappa shape index (κ3) is 2.58. The first kappa shape index (κ1) is 14.3. The molecule has 5 nitrogen and oxygen atoms in total. The van der Waals surface area contributed by atoms with E-state index in [9.17, 15) is 4.79 Å². The number of hydrogen-bond donors (Lipinski definition) is 2. The van der Waals surface area contributed by atoms with E-state index in [4.69, 9.17) is 5.11 Å². The molecule has 0 radical (unpaired) electrons. The molecule has 0 bridgehead atoms. The van der Waals surface area contributed by atoms with Crippen molar-refractivity contribution in [3.8, 4) is 11.3 Å². The second kappa shape index (κ2) is 6.34. The summed E-state index contributed by atoms with van der Waals surface area (Å²) in [6, 6.07) is 9.98. The highest BCUT2D eigenvalue weighted by Gasteiger charge is 2.22. The third-order valence-corrected chi connectivity index (χ3v) is 3.40. The number of aromatic amines is 1. The Labute approximate surface area is 117 Å². The Kier molecular flexibility index (Phi) is 4.53. The molecule has 1 aromatic heterocycles. The van der Waals surface area contributed by atoms with Gasteiger partial charge < -0.3 is 10.0 Å². The summed E-state index contributed by atoms with van der Waals surface area (Å²) < 4.78 is 0. The van der Waals surface area contributed by atoms with E-state index in [1.165, 1.54) is 0 Å². The Bertz CT molecular complexity index is 623. The highest BCUT2D eigenvalue weighted by molar-refractivity contribution is 5.77. The number of nitrogens with one attached hydrogen (secondary N) is 1. The molecule has 0 spiro atoms.